The van der Waals surface area contributed by atoms with Gasteiger partial charge < -0.3 is 9.47 Å². The zero-order valence-corrected chi connectivity index (χ0v) is 16.7. The summed E-state index contributed by atoms with van der Waals surface area (Å²) in [6.07, 6.45) is 1.00. The normalized spacial score (nSPS) is 20.4. The Labute approximate surface area is 172 Å². The first-order valence-electron chi connectivity index (χ1n) is 9.68. The van der Waals surface area contributed by atoms with Gasteiger partial charge in [-0.3, -0.25) is 9.59 Å². The van der Waals surface area contributed by atoms with Crippen molar-refractivity contribution in [2.75, 3.05) is 13.1 Å². The van der Waals surface area contributed by atoms with Gasteiger partial charge in [-0.15, -0.1) is 5.10 Å². The zero-order chi connectivity index (χ0) is 20.1. The molecule has 0 radical (unpaired) electrons. The number of carbonyl (C=O) groups is 1. The molecule has 29 heavy (non-hydrogen) atoms. The summed E-state index contributed by atoms with van der Waals surface area (Å²) in [5.41, 5.74) is 2.93. The van der Waals surface area contributed by atoms with E-state index in [0.717, 1.165) is 17.8 Å². The van der Waals surface area contributed by atoms with Crippen molar-refractivity contribution in [3.8, 4) is 5.69 Å². The highest BCUT2D eigenvalue weighted by atomic mass is 35.5. The van der Waals surface area contributed by atoms with E-state index >= 15 is 0 Å². The van der Waals surface area contributed by atoms with E-state index < -0.39 is 0 Å². The molecule has 2 aliphatic heterocycles. The number of carbonyl (C=O) groups excluding carboxylic acids is 1. The molecule has 1 amide bonds. The molecule has 8 heteroatoms. The second-order valence-electron chi connectivity index (χ2n) is 7.82. The second-order valence-corrected chi connectivity index (χ2v) is 8.26. The van der Waals surface area contributed by atoms with Crippen LogP contribution in [0.25, 0.3) is 5.69 Å². The van der Waals surface area contributed by atoms with Gasteiger partial charge in [-0.05, 0) is 49.6 Å². The average molecular weight is 410 g/mol. The molecule has 2 aromatic heterocycles. The summed E-state index contributed by atoms with van der Waals surface area (Å²) in [5, 5.41) is 9.00. The minimum atomic E-state index is -0.107. The number of hydrogen-bond donors (Lipinski definition) is 0. The van der Waals surface area contributed by atoms with Gasteiger partial charge in [0.2, 0.25) is 0 Å². The Hall–Kier alpha value is -2.93. The molecule has 5 rings (SSSR count). The molecule has 0 aliphatic carbocycles. The first-order chi connectivity index (χ1) is 14.0. The number of piperidine rings is 1. The molecule has 0 saturated carbocycles. The van der Waals surface area contributed by atoms with Crippen molar-refractivity contribution in [1.82, 2.24) is 24.5 Å². The fourth-order valence-corrected chi connectivity index (χ4v) is 4.69. The Morgan fingerprint density at radius 1 is 1.10 bits per heavy atom. The third-order valence-electron chi connectivity index (χ3n) is 5.94. The third kappa shape index (κ3) is 3.06. The van der Waals surface area contributed by atoms with Crippen LogP contribution in [-0.4, -0.2) is 43.5 Å². The smallest absolute Gasteiger partial charge is 0.276 e. The van der Waals surface area contributed by atoms with Gasteiger partial charge in [-0.2, -0.15) is 0 Å². The van der Waals surface area contributed by atoms with Crippen molar-refractivity contribution >= 4 is 17.5 Å². The van der Waals surface area contributed by atoms with Crippen molar-refractivity contribution in [3.63, 3.8) is 0 Å². The topological polar surface area (TPSA) is 73.0 Å². The summed E-state index contributed by atoms with van der Waals surface area (Å²) in [4.78, 5) is 27.3. The molecule has 1 aromatic carbocycles. The van der Waals surface area contributed by atoms with Crippen LogP contribution < -0.4 is 5.56 Å². The predicted molar refractivity (Wildman–Crippen MR) is 109 cm³/mol. The molecule has 4 heterocycles. The van der Waals surface area contributed by atoms with Crippen molar-refractivity contribution in [3.05, 3.63) is 74.9 Å². The average Bonchev–Trinajstić information content (AvgIpc) is 3.10. The Bertz CT molecular complexity index is 1150. The lowest BCUT2D eigenvalue weighted by Crippen LogP contribution is -2.49. The second kappa shape index (κ2) is 6.84. The third-order valence-corrected chi connectivity index (χ3v) is 6.19. The van der Waals surface area contributed by atoms with E-state index in [0.29, 0.717) is 36.0 Å². The molecule has 3 aromatic rings. The first kappa shape index (κ1) is 18.1. The van der Waals surface area contributed by atoms with Crippen LogP contribution in [0.5, 0.6) is 0 Å². The van der Waals surface area contributed by atoms with Crippen molar-refractivity contribution in [2.24, 2.45) is 5.92 Å². The molecule has 2 bridgehead atoms. The van der Waals surface area contributed by atoms with Crippen molar-refractivity contribution < 1.29 is 4.79 Å². The van der Waals surface area contributed by atoms with E-state index in [1.54, 1.807) is 28.9 Å². The molecule has 0 N–H and O–H groups in total. The maximum atomic E-state index is 13.2. The molecular formula is C21H20ClN5O2. The number of aromatic nitrogens is 4. The monoisotopic (exact) mass is 409 g/mol. The lowest BCUT2D eigenvalue weighted by Gasteiger charge is -2.42. The molecule has 0 spiro atoms. The first-order valence-corrected chi connectivity index (χ1v) is 10.1. The molecular weight excluding hydrogens is 390 g/mol. The van der Waals surface area contributed by atoms with Gasteiger partial charge in [0.15, 0.2) is 5.69 Å². The van der Waals surface area contributed by atoms with E-state index in [2.05, 4.69) is 10.3 Å². The van der Waals surface area contributed by atoms with Crippen LogP contribution in [0, 0.1) is 12.8 Å². The SMILES string of the molecule is Cc1c(C(=O)N2C[C@H]3C[C@H](C2)c2cccc(=O)n2C3)nnn1-c1ccc(Cl)cc1. The predicted octanol–water partition coefficient (Wildman–Crippen LogP) is 2.65. The fourth-order valence-electron chi connectivity index (χ4n) is 4.57. The van der Waals surface area contributed by atoms with Crippen LogP contribution in [0.3, 0.4) is 0 Å². The van der Waals surface area contributed by atoms with E-state index in [-0.39, 0.29) is 23.3 Å². The lowest BCUT2D eigenvalue weighted by molar-refractivity contribution is 0.0588. The lowest BCUT2D eigenvalue weighted by atomic mass is 9.83. The zero-order valence-electron chi connectivity index (χ0n) is 16.0. The number of rotatable bonds is 2. The summed E-state index contributed by atoms with van der Waals surface area (Å²) in [6, 6.07) is 12.7. The van der Waals surface area contributed by atoms with E-state index in [1.807, 2.05) is 34.6 Å². The molecule has 1 saturated heterocycles. The summed E-state index contributed by atoms with van der Waals surface area (Å²) in [6.45, 7) is 3.72. The number of amides is 1. The summed E-state index contributed by atoms with van der Waals surface area (Å²) >= 11 is 5.96. The summed E-state index contributed by atoms with van der Waals surface area (Å²) in [7, 11) is 0. The van der Waals surface area contributed by atoms with E-state index in [9.17, 15) is 9.59 Å². The Balaban J connectivity index is 1.42. The van der Waals surface area contributed by atoms with E-state index in [4.69, 9.17) is 11.6 Å². The van der Waals surface area contributed by atoms with Crippen LogP contribution in [0.2, 0.25) is 5.02 Å². The minimum absolute atomic E-state index is 0.0405. The van der Waals surface area contributed by atoms with Crippen LogP contribution in [-0.2, 0) is 6.54 Å². The summed E-state index contributed by atoms with van der Waals surface area (Å²) in [5.74, 6) is 0.341. The number of pyridine rings is 1. The molecule has 2 aliphatic rings. The number of halogens is 1. The van der Waals surface area contributed by atoms with Crippen molar-refractivity contribution in [2.45, 2.75) is 25.8 Å². The van der Waals surface area contributed by atoms with Gasteiger partial charge in [0.1, 0.15) is 0 Å². The number of fused-ring (bicyclic) bond motifs is 4. The van der Waals surface area contributed by atoms with Crippen LogP contribution in [0.1, 0.15) is 34.2 Å². The molecule has 7 nitrogen and oxygen atoms in total. The molecule has 148 valence electrons. The van der Waals surface area contributed by atoms with Gasteiger partial charge in [0, 0.05) is 42.3 Å². The minimum Gasteiger partial charge on any atom is -0.336 e. The molecule has 1 fully saturated rings. The van der Waals surface area contributed by atoms with Crippen LogP contribution >= 0.6 is 11.6 Å². The standard InChI is InChI=1S/C21H20ClN5O2/c1-13-20(23-24-27(13)17-7-5-16(22)6-8-17)21(29)25-10-14-9-15(12-25)18-3-2-4-19(28)26(18)11-14/h2-8,14-15H,9-12H2,1H3/t14-,15-/m1/s1. The van der Waals surface area contributed by atoms with Gasteiger partial charge in [-0.1, -0.05) is 22.9 Å². The van der Waals surface area contributed by atoms with Crippen LogP contribution in [0.4, 0.5) is 0 Å². The molecule has 2 atom stereocenters. The Morgan fingerprint density at radius 3 is 2.69 bits per heavy atom. The number of nitrogens with zero attached hydrogens (tertiary/aromatic N) is 5. The van der Waals surface area contributed by atoms with Gasteiger partial charge in [-0.25, -0.2) is 4.68 Å². The quantitative estimate of drug-likeness (QED) is 0.652. The maximum absolute atomic E-state index is 13.2. The fraction of sp³-hybridized carbons (Fsp3) is 0.333. The highest BCUT2D eigenvalue weighted by Gasteiger charge is 2.37. The van der Waals surface area contributed by atoms with Gasteiger partial charge in [0.05, 0.1) is 11.4 Å². The van der Waals surface area contributed by atoms with Gasteiger partial charge >= 0.3 is 0 Å². The van der Waals surface area contributed by atoms with Crippen molar-refractivity contribution in [1.29, 1.82) is 0 Å². The highest BCUT2D eigenvalue weighted by molar-refractivity contribution is 6.30. The number of likely N-dealkylation sites (tertiary alicyclic amines) is 1. The Morgan fingerprint density at radius 2 is 1.90 bits per heavy atom. The highest BCUT2D eigenvalue weighted by Crippen LogP contribution is 2.35. The number of benzene rings is 1. The summed E-state index contributed by atoms with van der Waals surface area (Å²) < 4.78 is 3.52. The Kier molecular flexibility index (Phi) is 4.28. The number of hydrogen-bond acceptors (Lipinski definition) is 4. The largest absolute Gasteiger partial charge is 0.336 e. The van der Waals surface area contributed by atoms with Gasteiger partial charge in [0.25, 0.3) is 11.5 Å². The van der Waals surface area contributed by atoms with Crippen LogP contribution in [0.15, 0.2) is 47.3 Å². The van der Waals surface area contributed by atoms with E-state index in [1.165, 1.54) is 0 Å². The molecule has 0 unspecified atom stereocenters. The maximum Gasteiger partial charge on any atom is 0.276 e.